The fraction of sp³-hybridized carbons (Fsp3) is 0.118. The third-order valence-electron chi connectivity index (χ3n) is 11.9. The molecule has 0 N–H and O–H groups in total. The van der Waals surface area contributed by atoms with Crippen molar-refractivity contribution < 1.29 is 0 Å². The predicted molar refractivity (Wildman–Crippen MR) is 229 cm³/mol. The Bertz CT molecular complexity index is 2890. The highest BCUT2D eigenvalue weighted by molar-refractivity contribution is 7.25. The maximum absolute atomic E-state index is 5.09. The lowest BCUT2D eigenvalue weighted by atomic mass is 9.66. The summed E-state index contributed by atoms with van der Waals surface area (Å²) in [4.78, 5) is 15.1. The van der Waals surface area contributed by atoms with Gasteiger partial charge in [-0.05, 0) is 69.5 Å². The summed E-state index contributed by atoms with van der Waals surface area (Å²) in [6, 6.07) is 59.1. The van der Waals surface area contributed by atoms with Crippen molar-refractivity contribution in [1.29, 1.82) is 0 Å². The van der Waals surface area contributed by atoms with Crippen LogP contribution in [-0.2, 0) is 5.41 Å². The van der Waals surface area contributed by atoms with Crippen molar-refractivity contribution >= 4 is 31.5 Å². The van der Waals surface area contributed by atoms with E-state index in [0.717, 1.165) is 22.3 Å². The van der Waals surface area contributed by atoms with Crippen molar-refractivity contribution in [2.24, 2.45) is 0 Å². The van der Waals surface area contributed by atoms with Crippen LogP contribution in [0.1, 0.15) is 43.2 Å². The van der Waals surface area contributed by atoms with Crippen molar-refractivity contribution in [1.82, 2.24) is 15.0 Å². The fourth-order valence-electron chi connectivity index (χ4n) is 9.35. The van der Waals surface area contributed by atoms with E-state index in [9.17, 15) is 0 Å². The van der Waals surface area contributed by atoms with Gasteiger partial charge in [-0.1, -0.05) is 171 Å². The van der Waals surface area contributed by atoms with Gasteiger partial charge >= 0.3 is 0 Å². The highest BCUT2D eigenvalue weighted by Gasteiger charge is 2.45. The van der Waals surface area contributed by atoms with Gasteiger partial charge < -0.3 is 0 Å². The molecule has 1 spiro atoms. The van der Waals surface area contributed by atoms with E-state index in [4.69, 9.17) is 15.0 Å². The topological polar surface area (TPSA) is 38.7 Å². The lowest BCUT2D eigenvalue weighted by Gasteiger charge is -2.37. The molecule has 11 rings (SSSR count). The van der Waals surface area contributed by atoms with Gasteiger partial charge in [0, 0.05) is 42.3 Å². The molecule has 2 heterocycles. The Morgan fingerprint density at radius 3 is 1.58 bits per heavy atom. The molecule has 0 radical (unpaired) electrons. The molecule has 9 aromatic rings. The molecule has 55 heavy (non-hydrogen) atoms. The highest BCUT2D eigenvalue weighted by atomic mass is 32.1. The van der Waals surface area contributed by atoms with Gasteiger partial charge in [-0.2, -0.15) is 0 Å². The molecule has 4 heteroatoms. The van der Waals surface area contributed by atoms with Gasteiger partial charge in [0.1, 0.15) is 0 Å². The van der Waals surface area contributed by atoms with E-state index >= 15 is 0 Å². The second-order valence-corrected chi connectivity index (χ2v) is 16.1. The molecule has 1 fully saturated rings. The van der Waals surface area contributed by atoms with E-state index in [2.05, 4.69) is 140 Å². The second-order valence-electron chi connectivity index (χ2n) is 15.1. The standard InChI is InChI=1S/C51H37N3S/c1-4-13-33(14-5-1)34-21-23-36(24-22-34)49-52-48(35-15-6-2-7-16-35)53-50(54-49)38-26-28-42-41-27-25-37(31-45(41)55-46(42)32-38)39-18-12-19-43-40-17-8-9-20-44(40)51(47(39)43)29-10-3-11-30-51/h1-2,4-9,12-28,31-32H,3,10-11,29-30H2. The molecule has 0 aliphatic heterocycles. The summed E-state index contributed by atoms with van der Waals surface area (Å²) < 4.78 is 2.53. The summed E-state index contributed by atoms with van der Waals surface area (Å²) in [6.45, 7) is 0. The normalized spacial score (nSPS) is 14.3. The minimum atomic E-state index is 0.108. The van der Waals surface area contributed by atoms with Gasteiger partial charge in [0.05, 0.1) is 0 Å². The van der Waals surface area contributed by atoms with Crippen LogP contribution in [0.15, 0.2) is 164 Å². The van der Waals surface area contributed by atoms with Crippen molar-refractivity contribution in [3.63, 3.8) is 0 Å². The maximum Gasteiger partial charge on any atom is 0.164 e. The number of aromatic nitrogens is 3. The first-order chi connectivity index (χ1) is 27.2. The third-order valence-corrected chi connectivity index (χ3v) is 13.1. The Hall–Kier alpha value is -6.23. The van der Waals surface area contributed by atoms with Crippen LogP contribution in [0.2, 0.25) is 0 Å². The van der Waals surface area contributed by atoms with Gasteiger partial charge in [0.15, 0.2) is 17.5 Å². The zero-order chi connectivity index (χ0) is 36.3. The van der Waals surface area contributed by atoms with Gasteiger partial charge in [-0.15, -0.1) is 11.3 Å². The SMILES string of the molecule is c1ccc(-c2ccc(-c3nc(-c4ccccc4)nc(-c4ccc5c(c4)sc4cc(-c6cccc7c6C6(CCCCC6)c6ccccc6-7)ccc45)n3)cc2)cc1. The summed E-state index contributed by atoms with van der Waals surface area (Å²) in [6.07, 6.45) is 6.36. The first kappa shape index (κ1) is 32.2. The zero-order valence-electron chi connectivity index (χ0n) is 30.4. The van der Waals surface area contributed by atoms with E-state index < -0.39 is 0 Å². The molecule has 262 valence electrons. The quantitative estimate of drug-likeness (QED) is 0.177. The van der Waals surface area contributed by atoms with E-state index in [0.29, 0.717) is 17.5 Å². The molecule has 0 saturated heterocycles. The van der Waals surface area contributed by atoms with Crippen LogP contribution < -0.4 is 0 Å². The van der Waals surface area contributed by atoms with Gasteiger partial charge in [-0.25, -0.2) is 15.0 Å². The number of thiophene rings is 1. The molecule has 2 aliphatic rings. The average Bonchev–Trinajstić information content (AvgIpc) is 3.76. The van der Waals surface area contributed by atoms with Crippen LogP contribution in [-0.4, -0.2) is 15.0 Å². The zero-order valence-corrected chi connectivity index (χ0v) is 31.2. The molecule has 0 atom stereocenters. The Morgan fingerprint density at radius 2 is 0.873 bits per heavy atom. The van der Waals surface area contributed by atoms with Gasteiger partial charge in [0.2, 0.25) is 0 Å². The number of fused-ring (bicyclic) bond motifs is 8. The molecule has 0 amide bonds. The van der Waals surface area contributed by atoms with Crippen LogP contribution in [0.25, 0.3) is 87.7 Å². The summed E-state index contributed by atoms with van der Waals surface area (Å²) in [5.74, 6) is 2.01. The predicted octanol–water partition coefficient (Wildman–Crippen LogP) is 13.8. The minimum Gasteiger partial charge on any atom is -0.208 e. The first-order valence-corrected chi connectivity index (χ1v) is 20.2. The lowest BCUT2D eigenvalue weighted by molar-refractivity contribution is 0.353. The Morgan fingerprint density at radius 1 is 0.382 bits per heavy atom. The van der Waals surface area contributed by atoms with Crippen molar-refractivity contribution in [2.75, 3.05) is 0 Å². The van der Waals surface area contributed by atoms with Crippen molar-refractivity contribution in [3.8, 4) is 67.5 Å². The molecule has 7 aromatic carbocycles. The van der Waals surface area contributed by atoms with Crippen LogP contribution in [0.4, 0.5) is 0 Å². The van der Waals surface area contributed by atoms with Crippen LogP contribution in [0.5, 0.6) is 0 Å². The molecule has 3 nitrogen and oxygen atoms in total. The number of nitrogens with zero attached hydrogens (tertiary/aromatic N) is 3. The van der Waals surface area contributed by atoms with Gasteiger partial charge in [-0.3, -0.25) is 0 Å². The van der Waals surface area contributed by atoms with Crippen LogP contribution >= 0.6 is 11.3 Å². The van der Waals surface area contributed by atoms with Crippen LogP contribution in [0, 0.1) is 0 Å². The summed E-state index contributed by atoms with van der Waals surface area (Å²) in [5.41, 5.74) is 14.0. The molecule has 0 unspecified atom stereocenters. The molecule has 2 aliphatic carbocycles. The monoisotopic (exact) mass is 723 g/mol. The molecule has 0 bridgehead atoms. The highest BCUT2D eigenvalue weighted by Crippen LogP contribution is 2.58. The number of rotatable bonds is 5. The van der Waals surface area contributed by atoms with Crippen molar-refractivity contribution in [2.45, 2.75) is 37.5 Å². The molecular formula is C51H37N3S. The fourth-order valence-corrected chi connectivity index (χ4v) is 10.5. The van der Waals surface area contributed by atoms with E-state index in [1.165, 1.54) is 85.7 Å². The average molecular weight is 724 g/mol. The van der Waals surface area contributed by atoms with Crippen molar-refractivity contribution in [3.05, 3.63) is 175 Å². The van der Waals surface area contributed by atoms with E-state index in [1.54, 1.807) is 5.56 Å². The summed E-state index contributed by atoms with van der Waals surface area (Å²) in [7, 11) is 0. The van der Waals surface area contributed by atoms with E-state index in [-0.39, 0.29) is 5.41 Å². The van der Waals surface area contributed by atoms with Gasteiger partial charge in [0.25, 0.3) is 0 Å². The maximum atomic E-state index is 5.09. The minimum absolute atomic E-state index is 0.108. The largest absolute Gasteiger partial charge is 0.208 e. The van der Waals surface area contributed by atoms with E-state index in [1.807, 2.05) is 35.6 Å². The first-order valence-electron chi connectivity index (χ1n) is 19.4. The second kappa shape index (κ2) is 13.0. The Kier molecular flexibility index (Phi) is 7.60. The summed E-state index contributed by atoms with van der Waals surface area (Å²) in [5, 5.41) is 2.55. The molecular weight excluding hydrogens is 687 g/mol. The molecule has 1 saturated carbocycles. The summed E-state index contributed by atoms with van der Waals surface area (Å²) >= 11 is 1.86. The molecule has 2 aromatic heterocycles. The number of hydrogen-bond acceptors (Lipinski definition) is 4. The number of benzene rings is 7. The lowest BCUT2D eigenvalue weighted by Crippen LogP contribution is -2.28. The Balaban J connectivity index is 1.00. The number of hydrogen-bond donors (Lipinski definition) is 0. The third kappa shape index (κ3) is 5.35. The van der Waals surface area contributed by atoms with Crippen LogP contribution in [0.3, 0.4) is 0 Å². The smallest absolute Gasteiger partial charge is 0.164 e. The Labute approximate surface area is 325 Å².